The summed E-state index contributed by atoms with van der Waals surface area (Å²) in [6, 6.07) is -0.467. The molecule has 0 aromatic carbocycles. The molecule has 2 aliphatic heterocycles. The second kappa shape index (κ2) is 4.04. The molecule has 2 rings (SSSR count). The largest absolute Gasteiger partial charge is 0.481 e. The van der Waals surface area contributed by atoms with Gasteiger partial charge in [-0.1, -0.05) is 0 Å². The van der Waals surface area contributed by atoms with E-state index in [1.807, 2.05) is 0 Å². The molecule has 0 atom stereocenters. The number of likely N-dealkylation sites (tertiary alicyclic amines) is 1. The van der Waals surface area contributed by atoms with Crippen molar-refractivity contribution in [2.45, 2.75) is 0 Å². The number of hydrogen-bond donors (Lipinski definition) is 2. The van der Waals surface area contributed by atoms with Crippen molar-refractivity contribution in [3.05, 3.63) is 0 Å². The number of carboxylic acids is 1. The van der Waals surface area contributed by atoms with E-state index in [-0.39, 0.29) is 26.2 Å². The predicted octanol–water partition coefficient (Wildman–Crippen LogP) is -1.92. The van der Waals surface area contributed by atoms with Crippen LogP contribution in [0.3, 0.4) is 0 Å². The van der Waals surface area contributed by atoms with Gasteiger partial charge in [0.25, 0.3) is 0 Å². The van der Waals surface area contributed by atoms with Gasteiger partial charge in [-0.3, -0.25) is 19.7 Å². The summed E-state index contributed by atoms with van der Waals surface area (Å²) < 4.78 is 0. The van der Waals surface area contributed by atoms with Crippen LogP contribution in [-0.4, -0.2) is 64.9 Å². The van der Waals surface area contributed by atoms with Gasteiger partial charge in [0.15, 0.2) is 0 Å². The molecule has 2 heterocycles. The summed E-state index contributed by atoms with van der Waals surface area (Å²) in [7, 11) is 0. The van der Waals surface area contributed by atoms with Crippen LogP contribution in [0.4, 0.5) is 4.79 Å². The van der Waals surface area contributed by atoms with Gasteiger partial charge in [-0.15, -0.1) is 0 Å². The lowest BCUT2D eigenvalue weighted by atomic mass is 10.0. The summed E-state index contributed by atoms with van der Waals surface area (Å²) in [5, 5.41) is 10.7. The lowest BCUT2D eigenvalue weighted by Gasteiger charge is -2.40. The van der Waals surface area contributed by atoms with Crippen molar-refractivity contribution in [3.63, 3.8) is 0 Å². The molecule has 0 unspecified atom stereocenters. The first-order chi connectivity index (χ1) is 7.97. The summed E-state index contributed by atoms with van der Waals surface area (Å²) in [5.74, 6) is -2.54. The summed E-state index contributed by atoms with van der Waals surface area (Å²) in [6.07, 6.45) is 0. The first-order valence-electron chi connectivity index (χ1n) is 5.06. The molecule has 2 aliphatic rings. The van der Waals surface area contributed by atoms with Crippen LogP contribution in [-0.2, 0) is 14.4 Å². The van der Waals surface area contributed by atoms with E-state index in [2.05, 4.69) is 5.32 Å². The number of nitrogens with zero attached hydrogens (tertiary/aromatic N) is 2. The summed E-state index contributed by atoms with van der Waals surface area (Å²) in [6.45, 7) is -0.0847. The fourth-order valence-electron chi connectivity index (χ4n) is 1.76. The highest BCUT2D eigenvalue weighted by molar-refractivity contribution is 6.02. The minimum absolute atomic E-state index is 0.125. The number of piperazine rings is 1. The molecular weight excluding hydrogens is 230 g/mol. The monoisotopic (exact) mass is 241 g/mol. The minimum atomic E-state index is -0.943. The number of carboxylic acid groups (broad SMARTS) is 1. The highest BCUT2D eigenvalue weighted by Gasteiger charge is 2.39. The number of aliphatic carboxylic acids is 1. The number of amides is 4. The molecule has 0 aromatic heterocycles. The molecule has 17 heavy (non-hydrogen) atoms. The van der Waals surface area contributed by atoms with Crippen LogP contribution < -0.4 is 5.32 Å². The van der Waals surface area contributed by atoms with Crippen molar-refractivity contribution >= 4 is 23.8 Å². The Morgan fingerprint density at radius 3 is 2.12 bits per heavy atom. The second-order valence-corrected chi connectivity index (χ2v) is 4.05. The highest BCUT2D eigenvalue weighted by atomic mass is 16.4. The number of carbonyl (C=O) groups excluding carboxylic acids is 3. The summed E-state index contributed by atoms with van der Waals surface area (Å²) in [4.78, 5) is 46.8. The van der Waals surface area contributed by atoms with Gasteiger partial charge in [-0.2, -0.15) is 0 Å². The Kier molecular flexibility index (Phi) is 2.70. The maximum Gasteiger partial charge on any atom is 0.320 e. The molecule has 2 N–H and O–H groups in total. The van der Waals surface area contributed by atoms with E-state index in [0.717, 1.165) is 4.90 Å². The smallest absolute Gasteiger partial charge is 0.320 e. The zero-order valence-corrected chi connectivity index (χ0v) is 8.88. The van der Waals surface area contributed by atoms with E-state index in [1.54, 1.807) is 0 Å². The Bertz CT molecular complexity index is 385. The van der Waals surface area contributed by atoms with Crippen LogP contribution in [0.15, 0.2) is 0 Å². The number of imide groups is 1. The van der Waals surface area contributed by atoms with Crippen molar-refractivity contribution in [3.8, 4) is 0 Å². The lowest BCUT2D eigenvalue weighted by molar-refractivity contribution is -0.147. The zero-order valence-electron chi connectivity index (χ0n) is 8.88. The van der Waals surface area contributed by atoms with Crippen LogP contribution >= 0.6 is 0 Å². The van der Waals surface area contributed by atoms with Crippen molar-refractivity contribution in [1.29, 1.82) is 0 Å². The second-order valence-electron chi connectivity index (χ2n) is 4.05. The molecule has 2 fully saturated rings. The normalized spacial score (nSPS) is 20.9. The maximum atomic E-state index is 11.8. The lowest BCUT2D eigenvalue weighted by Crippen LogP contribution is -2.61. The predicted molar refractivity (Wildman–Crippen MR) is 52.8 cm³/mol. The average molecular weight is 241 g/mol. The molecule has 4 amide bonds. The molecule has 0 spiro atoms. The highest BCUT2D eigenvalue weighted by Crippen LogP contribution is 2.17. The first-order valence-corrected chi connectivity index (χ1v) is 5.06. The first kappa shape index (κ1) is 11.4. The third kappa shape index (κ3) is 2.19. The number of nitrogens with one attached hydrogen (secondary N) is 1. The summed E-state index contributed by atoms with van der Waals surface area (Å²) >= 11 is 0. The van der Waals surface area contributed by atoms with Gasteiger partial charge in [0.1, 0.15) is 13.1 Å². The summed E-state index contributed by atoms with van der Waals surface area (Å²) in [5.41, 5.74) is 0. The molecule has 0 saturated carbocycles. The maximum absolute atomic E-state index is 11.8. The van der Waals surface area contributed by atoms with Crippen molar-refractivity contribution in [2.24, 2.45) is 5.92 Å². The van der Waals surface area contributed by atoms with Crippen LogP contribution in [0.25, 0.3) is 0 Å². The standard InChI is InChI=1S/C9H11N3O5/c13-6-3-12(4-7(14)10-6)9(17)11-1-5(2-11)8(15)16/h5H,1-4H2,(H,15,16)(H,10,13,14). The zero-order chi connectivity index (χ0) is 12.6. The number of rotatable bonds is 1. The van der Waals surface area contributed by atoms with Gasteiger partial charge in [-0.25, -0.2) is 4.79 Å². The molecule has 0 aliphatic carbocycles. The van der Waals surface area contributed by atoms with Gasteiger partial charge in [-0.05, 0) is 0 Å². The van der Waals surface area contributed by atoms with Gasteiger partial charge < -0.3 is 14.9 Å². The number of carbonyl (C=O) groups is 4. The van der Waals surface area contributed by atoms with Gasteiger partial charge in [0.2, 0.25) is 11.8 Å². The van der Waals surface area contributed by atoms with Crippen molar-refractivity contribution in [1.82, 2.24) is 15.1 Å². The van der Waals surface area contributed by atoms with Crippen molar-refractivity contribution < 1.29 is 24.3 Å². The van der Waals surface area contributed by atoms with E-state index in [0.29, 0.717) is 0 Å². The number of hydrogen-bond acceptors (Lipinski definition) is 4. The molecule has 0 radical (unpaired) electrons. The SMILES string of the molecule is O=C1CN(C(=O)N2CC(C(=O)O)C2)CC(=O)N1. The van der Waals surface area contributed by atoms with Crippen LogP contribution in [0.5, 0.6) is 0 Å². The van der Waals surface area contributed by atoms with Crippen LogP contribution in [0, 0.1) is 5.92 Å². The third-order valence-electron chi connectivity index (χ3n) is 2.72. The van der Waals surface area contributed by atoms with Crippen molar-refractivity contribution in [2.75, 3.05) is 26.2 Å². The average Bonchev–Trinajstić information content (AvgIpc) is 2.12. The minimum Gasteiger partial charge on any atom is -0.481 e. The fraction of sp³-hybridized carbons (Fsp3) is 0.556. The molecule has 0 aromatic rings. The van der Waals surface area contributed by atoms with E-state index < -0.39 is 29.7 Å². The van der Waals surface area contributed by atoms with E-state index >= 15 is 0 Å². The Balaban J connectivity index is 1.91. The third-order valence-corrected chi connectivity index (χ3v) is 2.72. The molecular formula is C9H11N3O5. The topological polar surface area (TPSA) is 107 Å². The van der Waals surface area contributed by atoms with E-state index in [9.17, 15) is 19.2 Å². The van der Waals surface area contributed by atoms with Gasteiger partial charge in [0.05, 0.1) is 5.92 Å². The molecule has 8 nitrogen and oxygen atoms in total. The molecule has 8 heteroatoms. The van der Waals surface area contributed by atoms with Gasteiger partial charge >= 0.3 is 12.0 Å². The quantitative estimate of drug-likeness (QED) is 0.520. The van der Waals surface area contributed by atoms with E-state index in [4.69, 9.17) is 5.11 Å². The van der Waals surface area contributed by atoms with Crippen LogP contribution in [0.2, 0.25) is 0 Å². The molecule has 2 saturated heterocycles. The number of urea groups is 1. The Labute approximate surface area is 96.2 Å². The van der Waals surface area contributed by atoms with E-state index in [1.165, 1.54) is 4.90 Å². The molecule has 92 valence electrons. The van der Waals surface area contributed by atoms with Gasteiger partial charge in [0, 0.05) is 13.1 Å². The van der Waals surface area contributed by atoms with Crippen LogP contribution in [0.1, 0.15) is 0 Å². The fourth-order valence-corrected chi connectivity index (χ4v) is 1.76. The Hall–Kier alpha value is -2.12. The molecule has 0 bridgehead atoms. The Morgan fingerprint density at radius 1 is 1.12 bits per heavy atom. The Morgan fingerprint density at radius 2 is 1.65 bits per heavy atom.